The SMILES string of the molecule is CC(C)(C)c1ccc(C(=O)NC(=O)COC(=O)c2cc(O)c3ccccc3c2O)cc1. The van der Waals surface area contributed by atoms with Crippen LogP contribution in [-0.4, -0.2) is 34.6 Å². The molecule has 3 N–H and O–H groups in total. The van der Waals surface area contributed by atoms with Gasteiger partial charge in [-0.05, 0) is 29.2 Å². The molecule has 0 unspecified atom stereocenters. The maximum atomic E-state index is 12.3. The Morgan fingerprint density at radius 2 is 1.55 bits per heavy atom. The number of carbonyl (C=O) groups excluding carboxylic acids is 3. The van der Waals surface area contributed by atoms with E-state index in [1.807, 2.05) is 32.9 Å². The molecule has 0 saturated carbocycles. The number of phenols is 2. The molecule has 3 rings (SSSR count). The monoisotopic (exact) mass is 421 g/mol. The first-order chi connectivity index (χ1) is 14.6. The number of ether oxygens (including phenoxy) is 1. The number of aromatic hydroxyl groups is 2. The van der Waals surface area contributed by atoms with Crippen LogP contribution in [0.25, 0.3) is 10.8 Å². The molecule has 0 aliphatic heterocycles. The molecule has 3 aromatic carbocycles. The van der Waals surface area contributed by atoms with Gasteiger partial charge in [0.05, 0.1) is 0 Å². The van der Waals surface area contributed by atoms with Gasteiger partial charge in [-0.25, -0.2) is 4.79 Å². The zero-order chi connectivity index (χ0) is 22.8. The number of amides is 2. The number of imide groups is 1. The zero-order valence-electron chi connectivity index (χ0n) is 17.4. The van der Waals surface area contributed by atoms with E-state index in [0.29, 0.717) is 10.9 Å². The molecule has 0 bridgehead atoms. The number of hydrogen-bond acceptors (Lipinski definition) is 6. The molecule has 7 nitrogen and oxygen atoms in total. The van der Waals surface area contributed by atoms with Crippen molar-refractivity contribution in [3.05, 3.63) is 71.3 Å². The van der Waals surface area contributed by atoms with Crippen LogP contribution in [-0.2, 0) is 14.9 Å². The molecule has 2 amide bonds. The van der Waals surface area contributed by atoms with E-state index in [0.717, 1.165) is 11.6 Å². The Kier molecular flexibility index (Phi) is 5.97. The number of carbonyl (C=O) groups is 3. The number of benzene rings is 3. The van der Waals surface area contributed by atoms with Gasteiger partial charge in [0.15, 0.2) is 6.61 Å². The molecule has 7 heteroatoms. The summed E-state index contributed by atoms with van der Waals surface area (Å²) >= 11 is 0. The Morgan fingerprint density at radius 3 is 2.16 bits per heavy atom. The average Bonchev–Trinajstić information content (AvgIpc) is 2.74. The van der Waals surface area contributed by atoms with Crippen LogP contribution in [0.3, 0.4) is 0 Å². The molecule has 0 radical (unpaired) electrons. The van der Waals surface area contributed by atoms with E-state index in [1.165, 1.54) is 6.07 Å². The van der Waals surface area contributed by atoms with Crippen LogP contribution in [0.15, 0.2) is 54.6 Å². The Balaban J connectivity index is 1.63. The van der Waals surface area contributed by atoms with Crippen molar-refractivity contribution in [1.29, 1.82) is 0 Å². The lowest BCUT2D eigenvalue weighted by molar-refractivity contribution is -0.123. The van der Waals surface area contributed by atoms with E-state index < -0.39 is 24.4 Å². The van der Waals surface area contributed by atoms with E-state index in [2.05, 4.69) is 5.32 Å². The number of nitrogens with one attached hydrogen (secondary N) is 1. The third-order valence-electron chi connectivity index (χ3n) is 4.81. The normalized spacial score (nSPS) is 11.2. The Morgan fingerprint density at radius 1 is 0.935 bits per heavy atom. The highest BCUT2D eigenvalue weighted by Gasteiger charge is 2.20. The topological polar surface area (TPSA) is 113 Å². The minimum absolute atomic E-state index is 0.0677. The Bertz CT molecular complexity index is 1160. The van der Waals surface area contributed by atoms with Gasteiger partial charge in [0.2, 0.25) is 0 Å². The van der Waals surface area contributed by atoms with Gasteiger partial charge >= 0.3 is 5.97 Å². The summed E-state index contributed by atoms with van der Waals surface area (Å²) in [6.07, 6.45) is 0. The van der Waals surface area contributed by atoms with Crippen molar-refractivity contribution >= 4 is 28.6 Å². The van der Waals surface area contributed by atoms with E-state index in [4.69, 9.17) is 4.74 Å². The molecule has 0 heterocycles. The fraction of sp³-hybridized carbons (Fsp3) is 0.208. The van der Waals surface area contributed by atoms with Crippen molar-refractivity contribution in [3.63, 3.8) is 0 Å². The lowest BCUT2D eigenvalue weighted by Gasteiger charge is -2.19. The van der Waals surface area contributed by atoms with E-state index in [9.17, 15) is 24.6 Å². The van der Waals surface area contributed by atoms with Crippen LogP contribution in [0.2, 0.25) is 0 Å². The molecule has 0 saturated heterocycles. The second-order valence-corrected chi connectivity index (χ2v) is 8.12. The summed E-state index contributed by atoms with van der Waals surface area (Å²) in [5.74, 6) is -3.02. The highest BCUT2D eigenvalue weighted by molar-refractivity contribution is 6.06. The van der Waals surface area contributed by atoms with Crippen LogP contribution in [0.4, 0.5) is 0 Å². The predicted molar refractivity (Wildman–Crippen MR) is 115 cm³/mol. The Labute approximate surface area is 179 Å². The van der Waals surface area contributed by atoms with E-state index in [-0.39, 0.29) is 27.9 Å². The lowest BCUT2D eigenvalue weighted by Crippen LogP contribution is -2.34. The van der Waals surface area contributed by atoms with Crippen LogP contribution < -0.4 is 5.32 Å². The summed E-state index contributed by atoms with van der Waals surface area (Å²) in [5, 5.41) is 23.2. The summed E-state index contributed by atoms with van der Waals surface area (Å²) in [6.45, 7) is 5.42. The van der Waals surface area contributed by atoms with Gasteiger partial charge in [-0.3, -0.25) is 14.9 Å². The zero-order valence-corrected chi connectivity index (χ0v) is 17.4. The molecule has 0 aliphatic carbocycles. The van der Waals surface area contributed by atoms with Gasteiger partial charge in [0.1, 0.15) is 17.1 Å². The molecule has 31 heavy (non-hydrogen) atoms. The van der Waals surface area contributed by atoms with Crippen LogP contribution >= 0.6 is 0 Å². The van der Waals surface area contributed by atoms with Crippen molar-refractivity contribution in [2.24, 2.45) is 0 Å². The summed E-state index contributed by atoms with van der Waals surface area (Å²) in [6, 6.07) is 14.4. The minimum Gasteiger partial charge on any atom is -0.507 e. The van der Waals surface area contributed by atoms with Gasteiger partial charge < -0.3 is 14.9 Å². The van der Waals surface area contributed by atoms with Gasteiger partial charge in [0, 0.05) is 16.3 Å². The largest absolute Gasteiger partial charge is 0.507 e. The molecule has 160 valence electrons. The number of fused-ring (bicyclic) bond motifs is 1. The van der Waals surface area contributed by atoms with E-state index in [1.54, 1.807) is 30.3 Å². The van der Waals surface area contributed by atoms with Gasteiger partial charge in [-0.1, -0.05) is 57.2 Å². The predicted octanol–water partition coefficient (Wildman–Crippen LogP) is 3.66. The summed E-state index contributed by atoms with van der Waals surface area (Å²) < 4.78 is 4.90. The molecule has 0 atom stereocenters. The van der Waals surface area contributed by atoms with Crippen LogP contribution in [0, 0.1) is 0 Å². The highest BCUT2D eigenvalue weighted by atomic mass is 16.5. The molecule has 0 aliphatic rings. The fourth-order valence-corrected chi connectivity index (χ4v) is 3.06. The van der Waals surface area contributed by atoms with Crippen molar-refractivity contribution < 1.29 is 29.3 Å². The molecule has 0 aromatic heterocycles. The standard InChI is InChI=1S/C24H23NO6/c1-24(2,3)15-10-8-14(9-11-15)22(29)25-20(27)13-31-23(30)18-12-19(26)16-6-4-5-7-17(16)21(18)28/h4-12,26,28H,13H2,1-3H3,(H,25,27,29). The molecule has 3 aromatic rings. The number of phenolic OH excluding ortho intramolecular Hbond substituents is 2. The average molecular weight is 421 g/mol. The summed E-state index contributed by atoms with van der Waals surface area (Å²) in [7, 11) is 0. The van der Waals surface area contributed by atoms with Crippen molar-refractivity contribution in [3.8, 4) is 11.5 Å². The first-order valence-electron chi connectivity index (χ1n) is 9.63. The number of hydrogen-bond donors (Lipinski definition) is 3. The first kappa shape index (κ1) is 21.8. The van der Waals surface area contributed by atoms with Crippen molar-refractivity contribution in [2.45, 2.75) is 26.2 Å². The Hall–Kier alpha value is -3.87. The fourth-order valence-electron chi connectivity index (χ4n) is 3.06. The highest BCUT2D eigenvalue weighted by Crippen LogP contribution is 2.35. The molecule has 0 fully saturated rings. The summed E-state index contributed by atoms with van der Waals surface area (Å²) in [4.78, 5) is 36.6. The quantitative estimate of drug-likeness (QED) is 0.438. The van der Waals surface area contributed by atoms with Crippen LogP contribution in [0.1, 0.15) is 47.1 Å². The molecular weight excluding hydrogens is 398 g/mol. The maximum absolute atomic E-state index is 12.3. The van der Waals surface area contributed by atoms with Gasteiger partial charge in [-0.2, -0.15) is 0 Å². The third kappa shape index (κ3) is 4.83. The van der Waals surface area contributed by atoms with Crippen molar-refractivity contribution in [2.75, 3.05) is 6.61 Å². The number of rotatable bonds is 4. The molecular formula is C24H23NO6. The van der Waals surface area contributed by atoms with Gasteiger partial charge in [0.25, 0.3) is 11.8 Å². The molecule has 0 spiro atoms. The van der Waals surface area contributed by atoms with E-state index >= 15 is 0 Å². The second-order valence-electron chi connectivity index (χ2n) is 8.12. The lowest BCUT2D eigenvalue weighted by atomic mass is 9.87. The third-order valence-corrected chi connectivity index (χ3v) is 4.81. The summed E-state index contributed by atoms with van der Waals surface area (Å²) in [5.41, 5.74) is 0.988. The second kappa shape index (κ2) is 8.47. The first-order valence-corrected chi connectivity index (χ1v) is 9.63. The van der Waals surface area contributed by atoms with Crippen molar-refractivity contribution in [1.82, 2.24) is 5.32 Å². The van der Waals surface area contributed by atoms with Crippen LogP contribution in [0.5, 0.6) is 11.5 Å². The smallest absolute Gasteiger partial charge is 0.342 e. The minimum atomic E-state index is -1.00. The maximum Gasteiger partial charge on any atom is 0.342 e. The van der Waals surface area contributed by atoms with Gasteiger partial charge in [-0.15, -0.1) is 0 Å². The number of esters is 1.